The van der Waals surface area contributed by atoms with Crippen LogP contribution in [0.3, 0.4) is 0 Å². The van der Waals surface area contributed by atoms with Crippen LogP contribution in [0.5, 0.6) is 0 Å². The van der Waals surface area contributed by atoms with E-state index in [1.807, 2.05) is 44.2 Å². The van der Waals surface area contributed by atoms with Crippen molar-refractivity contribution in [2.45, 2.75) is 58.0 Å². The lowest BCUT2D eigenvalue weighted by Gasteiger charge is -2.16. The van der Waals surface area contributed by atoms with E-state index in [1.54, 1.807) is 0 Å². The molecule has 0 aliphatic heterocycles. The van der Waals surface area contributed by atoms with Crippen molar-refractivity contribution >= 4 is 17.7 Å². The van der Waals surface area contributed by atoms with Gasteiger partial charge < -0.3 is 16.4 Å². The van der Waals surface area contributed by atoms with Crippen molar-refractivity contribution in [2.24, 2.45) is 5.73 Å². The van der Waals surface area contributed by atoms with Crippen LogP contribution in [-0.4, -0.2) is 23.8 Å². The smallest absolute Gasteiger partial charge is 0.239 e. The maximum atomic E-state index is 11.9. The number of carbonyl (C=O) groups excluding carboxylic acids is 3. The molecule has 0 aliphatic carbocycles. The Labute approximate surface area is 143 Å². The fourth-order valence-electron chi connectivity index (χ4n) is 2.33. The molecule has 0 heterocycles. The molecule has 0 aliphatic rings. The minimum Gasteiger partial charge on any atom is -0.368 e. The normalized spacial score (nSPS) is 12.9. The molecule has 0 aromatic heterocycles. The number of rotatable bonds is 10. The minimum absolute atomic E-state index is 0.0310. The third kappa shape index (κ3) is 7.26. The molecule has 0 unspecified atom stereocenters. The Balaban J connectivity index is 2.37. The van der Waals surface area contributed by atoms with Crippen LogP contribution in [-0.2, 0) is 14.4 Å². The van der Waals surface area contributed by atoms with Gasteiger partial charge >= 0.3 is 0 Å². The van der Waals surface area contributed by atoms with Crippen LogP contribution in [0.25, 0.3) is 0 Å². The molecule has 24 heavy (non-hydrogen) atoms. The maximum Gasteiger partial charge on any atom is 0.239 e. The number of primary amides is 1. The minimum atomic E-state index is -0.663. The van der Waals surface area contributed by atoms with Crippen molar-refractivity contribution in [3.05, 3.63) is 35.9 Å². The second-order valence-corrected chi connectivity index (χ2v) is 5.86. The fourth-order valence-corrected chi connectivity index (χ4v) is 2.33. The van der Waals surface area contributed by atoms with Gasteiger partial charge in [-0.15, -0.1) is 0 Å². The predicted octanol–water partition coefficient (Wildman–Crippen LogP) is 1.80. The SMILES string of the molecule is CCCC[C@@H](NC(=O)CCC(=O)N[C@H](C)c1ccccc1)C(N)=O. The summed E-state index contributed by atoms with van der Waals surface area (Å²) in [7, 11) is 0. The summed E-state index contributed by atoms with van der Waals surface area (Å²) in [5.41, 5.74) is 6.28. The fraction of sp³-hybridized carbons (Fsp3) is 0.500. The number of nitrogens with one attached hydrogen (secondary N) is 2. The van der Waals surface area contributed by atoms with Crippen molar-refractivity contribution in [2.75, 3.05) is 0 Å². The molecule has 0 radical (unpaired) electrons. The Kier molecular flexibility index (Phi) is 8.54. The van der Waals surface area contributed by atoms with Gasteiger partial charge in [-0.2, -0.15) is 0 Å². The van der Waals surface area contributed by atoms with Gasteiger partial charge in [0.15, 0.2) is 0 Å². The van der Waals surface area contributed by atoms with Gasteiger partial charge in [0.25, 0.3) is 0 Å². The lowest BCUT2D eigenvalue weighted by atomic mass is 10.1. The number of hydrogen-bond acceptors (Lipinski definition) is 3. The second-order valence-electron chi connectivity index (χ2n) is 5.86. The molecule has 3 amide bonds. The van der Waals surface area contributed by atoms with E-state index in [4.69, 9.17) is 5.73 Å². The van der Waals surface area contributed by atoms with Crippen LogP contribution in [0.2, 0.25) is 0 Å². The number of benzene rings is 1. The molecule has 1 rings (SSSR count). The van der Waals surface area contributed by atoms with E-state index >= 15 is 0 Å². The van der Waals surface area contributed by atoms with Crippen molar-refractivity contribution in [3.8, 4) is 0 Å². The van der Waals surface area contributed by atoms with Gasteiger partial charge in [0.2, 0.25) is 17.7 Å². The molecular formula is C18H27N3O3. The lowest BCUT2D eigenvalue weighted by Crippen LogP contribution is -2.44. The van der Waals surface area contributed by atoms with E-state index in [1.165, 1.54) is 0 Å². The van der Waals surface area contributed by atoms with Gasteiger partial charge in [0, 0.05) is 12.8 Å². The first-order valence-corrected chi connectivity index (χ1v) is 8.37. The Hall–Kier alpha value is -2.37. The highest BCUT2D eigenvalue weighted by molar-refractivity contribution is 5.88. The summed E-state index contributed by atoms with van der Waals surface area (Å²) in [6, 6.07) is 8.81. The van der Waals surface area contributed by atoms with Crippen molar-refractivity contribution in [1.82, 2.24) is 10.6 Å². The van der Waals surface area contributed by atoms with Crippen LogP contribution < -0.4 is 16.4 Å². The van der Waals surface area contributed by atoms with E-state index in [0.29, 0.717) is 6.42 Å². The van der Waals surface area contributed by atoms with E-state index in [-0.39, 0.29) is 30.7 Å². The quantitative estimate of drug-likeness (QED) is 0.608. The van der Waals surface area contributed by atoms with Gasteiger partial charge in [-0.1, -0.05) is 50.1 Å². The first kappa shape index (κ1) is 19.7. The van der Waals surface area contributed by atoms with Crippen LogP contribution >= 0.6 is 0 Å². The molecule has 0 fully saturated rings. The molecule has 6 nitrogen and oxygen atoms in total. The third-order valence-corrected chi connectivity index (χ3v) is 3.78. The van der Waals surface area contributed by atoms with Gasteiger partial charge in [0.1, 0.15) is 6.04 Å². The Morgan fingerprint density at radius 1 is 1.04 bits per heavy atom. The first-order valence-electron chi connectivity index (χ1n) is 8.37. The van der Waals surface area contributed by atoms with Crippen molar-refractivity contribution in [1.29, 1.82) is 0 Å². The highest BCUT2D eigenvalue weighted by atomic mass is 16.2. The summed E-state index contributed by atoms with van der Waals surface area (Å²) >= 11 is 0. The van der Waals surface area contributed by atoms with Gasteiger partial charge in [-0.05, 0) is 18.9 Å². The van der Waals surface area contributed by atoms with Crippen molar-refractivity contribution < 1.29 is 14.4 Å². The van der Waals surface area contributed by atoms with Crippen molar-refractivity contribution in [3.63, 3.8) is 0 Å². The third-order valence-electron chi connectivity index (χ3n) is 3.78. The summed E-state index contributed by atoms with van der Waals surface area (Å²) in [6.07, 6.45) is 2.35. The Bertz CT molecular complexity index is 546. The highest BCUT2D eigenvalue weighted by Gasteiger charge is 2.18. The number of nitrogens with two attached hydrogens (primary N) is 1. The molecule has 4 N–H and O–H groups in total. The van der Waals surface area contributed by atoms with Crippen LogP contribution in [0.1, 0.15) is 57.6 Å². The molecule has 0 bridgehead atoms. The van der Waals surface area contributed by atoms with Crippen LogP contribution in [0.15, 0.2) is 30.3 Å². The highest BCUT2D eigenvalue weighted by Crippen LogP contribution is 2.11. The molecular weight excluding hydrogens is 306 g/mol. The number of amides is 3. The van der Waals surface area contributed by atoms with E-state index in [0.717, 1.165) is 18.4 Å². The van der Waals surface area contributed by atoms with Gasteiger partial charge in [-0.25, -0.2) is 0 Å². The topological polar surface area (TPSA) is 101 Å². The average Bonchev–Trinajstić information content (AvgIpc) is 2.57. The maximum absolute atomic E-state index is 11.9. The second kappa shape index (κ2) is 10.4. The molecule has 0 saturated heterocycles. The number of carbonyl (C=O) groups is 3. The standard InChI is InChI=1S/C18H27N3O3/c1-3-4-10-15(18(19)24)21-17(23)12-11-16(22)20-13(2)14-8-6-5-7-9-14/h5-9,13,15H,3-4,10-12H2,1-2H3,(H2,19,24)(H,20,22)(H,21,23)/t13-,15-/m1/s1. The molecule has 0 spiro atoms. The molecule has 6 heteroatoms. The largest absolute Gasteiger partial charge is 0.368 e. The number of hydrogen-bond donors (Lipinski definition) is 3. The zero-order chi connectivity index (χ0) is 17.9. The molecule has 0 saturated carbocycles. The summed E-state index contributed by atoms with van der Waals surface area (Å²) < 4.78 is 0. The summed E-state index contributed by atoms with van der Waals surface area (Å²) in [5.74, 6) is -1.08. The zero-order valence-electron chi connectivity index (χ0n) is 14.4. The van der Waals surface area contributed by atoms with Crippen LogP contribution in [0.4, 0.5) is 0 Å². The summed E-state index contributed by atoms with van der Waals surface area (Å²) in [5, 5.41) is 5.45. The molecule has 2 atom stereocenters. The first-order chi connectivity index (χ1) is 11.4. The Morgan fingerprint density at radius 2 is 1.62 bits per heavy atom. The lowest BCUT2D eigenvalue weighted by molar-refractivity contribution is -0.129. The Morgan fingerprint density at radius 3 is 2.17 bits per heavy atom. The predicted molar refractivity (Wildman–Crippen MR) is 92.9 cm³/mol. The van der Waals surface area contributed by atoms with Gasteiger partial charge in [-0.3, -0.25) is 14.4 Å². The number of unbranched alkanes of at least 4 members (excludes halogenated alkanes) is 1. The van der Waals surface area contributed by atoms with E-state index in [9.17, 15) is 14.4 Å². The molecule has 132 valence electrons. The molecule has 1 aromatic rings. The monoisotopic (exact) mass is 333 g/mol. The summed E-state index contributed by atoms with van der Waals surface area (Å²) in [4.78, 5) is 35.1. The zero-order valence-corrected chi connectivity index (χ0v) is 14.4. The van der Waals surface area contributed by atoms with E-state index < -0.39 is 11.9 Å². The van der Waals surface area contributed by atoms with E-state index in [2.05, 4.69) is 10.6 Å². The summed E-state index contributed by atoms with van der Waals surface area (Å²) in [6.45, 7) is 3.89. The molecule has 1 aromatic carbocycles. The average molecular weight is 333 g/mol. The van der Waals surface area contributed by atoms with Crippen LogP contribution in [0, 0.1) is 0 Å². The van der Waals surface area contributed by atoms with Gasteiger partial charge in [0.05, 0.1) is 6.04 Å².